The fourth-order valence-electron chi connectivity index (χ4n) is 2.36. The molecule has 2 N–H and O–H groups in total. The van der Waals surface area contributed by atoms with E-state index in [2.05, 4.69) is 17.0 Å². The highest BCUT2D eigenvalue weighted by Gasteiger charge is 2.22. The van der Waals surface area contributed by atoms with Crippen molar-refractivity contribution in [1.29, 1.82) is 0 Å². The first-order valence-corrected chi connectivity index (χ1v) is 8.80. The largest absolute Gasteiger partial charge is 0.315 e. The molecule has 1 unspecified atom stereocenters. The molecule has 1 atom stereocenters. The highest BCUT2D eigenvalue weighted by atomic mass is 32.2. The third kappa shape index (κ3) is 5.67. The molecule has 0 aromatic heterocycles. The Morgan fingerprint density at radius 1 is 1.22 bits per heavy atom. The molecule has 0 saturated heterocycles. The van der Waals surface area contributed by atoms with E-state index in [1.807, 2.05) is 0 Å². The van der Waals surface area contributed by atoms with Gasteiger partial charge in [-0.05, 0) is 38.6 Å². The smallest absolute Gasteiger partial charge is 0.215 e. The van der Waals surface area contributed by atoms with Gasteiger partial charge in [0.2, 0.25) is 10.0 Å². The molecule has 0 aromatic carbocycles. The van der Waals surface area contributed by atoms with Crippen LogP contribution in [0.1, 0.15) is 52.4 Å². The van der Waals surface area contributed by atoms with E-state index in [0.29, 0.717) is 19.0 Å². The van der Waals surface area contributed by atoms with Crippen LogP contribution in [0.15, 0.2) is 0 Å². The Hall–Kier alpha value is -0.130. The Kier molecular flexibility index (Phi) is 7.19. The molecule has 1 rings (SSSR count). The van der Waals surface area contributed by atoms with E-state index in [4.69, 9.17) is 0 Å². The van der Waals surface area contributed by atoms with Crippen molar-refractivity contribution >= 4 is 10.0 Å². The molecule has 108 valence electrons. The summed E-state index contributed by atoms with van der Waals surface area (Å²) >= 11 is 0. The SMILES string of the molecule is CCCNCC(C)S(=O)(=O)NCC1CCCCC1. The number of rotatable bonds is 8. The van der Waals surface area contributed by atoms with Crippen molar-refractivity contribution in [1.82, 2.24) is 10.0 Å². The predicted molar refractivity (Wildman–Crippen MR) is 76.1 cm³/mol. The van der Waals surface area contributed by atoms with E-state index < -0.39 is 10.0 Å². The Balaban J connectivity index is 2.28. The summed E-state index contributed by atoms with van der Waals surface area (Å²) in [5.41, 5.74) is 0. The van der Waals surface area contributed by atoms with Crippen molar-refractivity contribution in [2.75, 3.05) is 19.6 Å². The summed E-state index contributed by atoms with van der Waals surface area (Å²) in [5, 5.41) is 2.81. The lowest BCUT2D eigenvalue weighted by Gasteiger charge is -2.23. The standard InChI is InChI=1S/C13H28N2O2S/c1-3-9-14-10-12(2)18(16,17)15-11-13-7-5-4-6-8-13/h12-15H,3-11H2,1-2H3. The zero-order chi connectivity index (χ0) is 13.4. The number of nitrogens with one attached hydrogen (secondary N) is 2. The summed E-state index contributed by atoms with van der Waals surface area (Å²) in [4.78, 5) is 0. The molecule has 0 heterocycles. The Labute approximate surface area is 112 Å². The zero-order valence-corrected chi connectivity index (χ0v) is 12.6. The number of sulfonamides is 1. The van der Waals surface area contributed by atoms with Gasteiger partial charge in [-0.3, -0.25) is 0 Å². The summed E-state index contributed by atoms with van der Waals surface area (Å²) in [6.45, 7) is 5.89. The third-order valence-electron chi connectivity index (χ3n) is 3.69. The van der Waals surface area contributed by atoms with Gasteiger partial charge in [0, 0.05) is 13.1 Å². The highest BCUT2D eigenvalue weighted by molar-refractivity contribution is 7.90. The summed E-state index contributed by atoms with van der Waals surface area (Å²) < 4.78 is 26.8. The van der Waals surface area contributed by atoms with Gasteiger partial charge in [0.25, 0.3) is 0 Å². The minimum Gasteiger partial charge on any atom is -0.315 e. The lowest BCUT2D eigenvalue weighted by molar-refractivity contribution is 0.356. The van der Waals surface area contributed by atoms with Crippen molar-refractivity contribution in [3.8, 4) is 0 Å². The van der Waals surface area contributed by atoms with Gasteiger partial charge >= 0.3 is 0 Å². The first-order chi connectivity index (χ1) is 8.56. The topological polar surface area (TPSA) is 58.2 Å². The van der Waals surface area contributed by atoms with Gasteiger partial charge in [-0.1, -0.05) is 26.2 Å². The van der Waals surface area contributed by atoms with Crippen LogP contribution in [0.2, 0.25) is 0 Å². The van der Waals surface area contributed by atoms with Gasteiger partial charge in [0.15, 0.2) is 0 Å². The lowest BCUT2D eigenvalue weighted by atomic mass is 9.90. The molecule has 1 saturated carbocycles. The van der Waals surface area contributed by atoms with Crippen LogP contribution in [0.3, 0.4) is 0 Å². The first-order valence-electron chi connectivity index (χ1n) is 7.25. The van der Waals surface area contributed by atoms with Crippen LogP contribution in [0, 0.1) is 5.92 Å². The lowest BCUT2D eigenvalue weighted by Crippen LogP contribution is -2.41. The van der Waals surface area contributed by atoms with Crippen LogP contribution in [-0.2, 0) is 10.0 Å². The Morgan fingerprint density at radius 2 is 1.89 bits per heavy atom. The van der Waals surface area contributed by atoms with Crippen LogP contribution in [0.5, 0.6) is 0 Å². The molecular weight excluding hydrogens is 248 g/mol. The maximum Gasteiger partial charge on any atom is 0.215 e. The van der Waals surface area contributed by atoms with Gasteiger partial charge in [0.05, 0.1) is 5.25 Å². The van der Waals surface area contributed by atoms with Gasteiger partial charge in [-0.2, -0.15) is 0 Å². The highest BCUT2D eigenvalue weighted by Crippen LogP contribution is 2.23. The molecule has 0 bridgehead atoms. The Bertz CT molecular complexity index is 311. The van der Waals surface area contributed by atoms with Gasteiger partial charge in [-0.25, -0.2) is 13.1 Å². The summed E-state index contributed by atoms with van der Waals surface area (Å²) in [7, 11) is -3.15. The van der Waals surface area contributed by atoms with E-state index >= 15 is 0 Å². The zero-order valence-electron chi connectivity index (χ0n) is 11.7. The van der Waals surface area contributed by atoms with Crippen molar-refractivity contribution in [2.45, 2.75) is 57.6 Å². The minimum atomic E-state index is -3.15. The van der Waals surface area contributed by atoms with Gasteiger partial charge in [-0.15, -0.1) is 0 Å². The quantitative estimate of drug-likeness (QED) is 0.665. The van der Waals surface area contributed by atoms with Crippen LogP contribution >= 0.6 is 0 Å². The third-order valence-corrected chi connectivity index (χ3v) is 5.48. The second-order valence-electron chi connectivity index (χ2n) is 5.41. The van der Waals surface area contributed by atoms with Crippen molar-refractivity contribution < 1.29 is 8.42 Å². The predicted octanol–water partition coefficient (Wildman–Crippen LogP) is 1.87. The second kappa shape index (κ2) is 8.12. The molecule has 4 nitrogen and oxygen atoms in total. The van der Waals surface area contributed by atoms with Crippen molar-refractivity contribution in [3.05, 3.63) is 0 Å². The van der Waals surface area contributed by atoms with Crippen LogP contribution in [-0.4, -0.2) is 33.3 Å². The fraction of sp³-hybridized carbons (Fsp3) is 1.00. The molecule has 0 amide bonds. The minimum absolute atomic E-state index is 0.354. The van der Waals surface area contributed by atoms with Crippen LogP contribution in [0.4, 0.5) is 0 Å². The van der Waals surface area contributed by atoms with Crippen molar-refractivity contribution in [2.24, 2.45) is 5.92 Å². The second-order valence-corrected chi connectivity index (χ2v) is 7.60. The number of hydrogen-bond acceptors (Lipinski definition) is 3. The number of hydrogen-bond donors (Lipinski definition) is 2. The van der Waals surface area contributed by atoms with E-state index in [9.17, 15) is 8.42 Å². The molecule has 1 aliphatic carbocycles. The maximum absolute atomic E-state index is 12.0. The average Bonchev–Trinajstić information content (AvgIpc) is 2.38. The molecule has 0 aromatic rings. The van der Waals surface area contributed by atoms with Crippen LogP contribution in [0.25, 0.3) is 0 Å². The molecule has 0 radical (unpaired) electrons. The van der Waals surface area contributed by atoms with Gasteiger partial charge in [0.1, 0.15) is 0 Å². The fourth-order valence-corrected chi connectivity index (χ4v) is 3.45. The summed E-state index contributed by atoms with van der Waals surface area (Å²) in [5.74, 6) is 0.546. The summed E-state index contributed by atoms with van der Waals surface area (Å²) in [6, 6.07) is 0. The molecule has 5 heteroatoms. The normalized spacial score (nSPS) is 19.9. The molecule has 0 aliphatic heterocycles. The van der Waals surface area contributed by atoms with Gasteiger partial charge < -0.3 is 5.32 Å². The molecule has 1 aliphatic rings. The van der Waals surface area contributed by atoms with E-state index in [0.717, 1.165) is 13.0 Å². The monoisotopic (exact) mass is 276 g/mol. The molecule has 0 spiro atoms. The first kappa shape index (κ1) is 15.9. The van der Waals surface area contributed by atoms with E-state index in [-0.39, 0.29) is 5.25 Å². The van der Waals surface area contributed by atoms with E-state index in [1.54, 1.807) is 6.92 Å². The molecule has 18 heavy (non-hydrogen) atoms. The average molecular weight is 276 g/mol. The van der Waals surface area contributed by atoms with Crippen LogP contribution < -0.4 is 10.0 Å². The molecule has 1 fully saturated rings. The van der Waals surface area contributed by atoms with E-state index in [1.165, 1.54) is 32.1 Å². The Morgan fingerprint density at radius 3 is 2.50 bits per heavy atom. The maximum atomic E-state index is 12.0. The van der Waals surface area contributed by atoms with Crippen molar-refractivity contribution in [3.63, 3.8) is 0 Å². The molecular formula is C13H28N2O2S. The summed E-state index contributed by atoms with van der Waals surface area (Å²) in [6.07, 6.45) is 7.18.